The third kappa shape index (κ3) is 3.62. The van der Waals surface area contributed by atoms with Crippen molar-refractivity contribution >= 4 is 0 Å². The molecule has 1 saturated heterocycles. The monoisotopic (exact) mass is 390 g/mol. The third-order valence-electron chi connectivity index (χ3n) is 4.93. The fourth-order valence-corrected chi connectivity index (χ4v) is 3.57. The zero-order chi connectivity index (χ0) is 20.3. The molecule has 1 fully saturated rings. The molecule has 7 nitrogen and oxygen atoms in total. The molecule has 152 valence electrons. The summed E-state index contributed by atoms with van der Waals surface area (Å²) in [7, 11) is 7.78. The number of phenolic OH excluding ortho intramolecular Hbond substituents is 1. The standard InChI is InChI=1S/C21H26O7/c1-23-17-9-12(8-14(22)20(17)26-4)15-6-7-16(28-15)13-10-18(24-2)21(27-5)19(11-13)25-3/h8-11,15-16,22H,6-7H2,1-5H3/t15-,16+/m1/s1. The van der Waals surface area contributed by atoms with Gasteiger partial charge in [-0.05, 0) is 48.2 Å². The van der Waals surface area contributed by atoms with Gasteiger partial charge in [0.15, 0.2) is 23.0 Å². The van der Waals surface area contributed by atoms with Crippen LogP contribution in [0.1, 0.15) is 36.2 Å². The lowest BCUT2D eigenvalue weighted by atomic mass is 10.0. The molecule has 1 aliphatic rings. The minimum absolute atomic E-state index is 0.0247. The van der Waals surface area contributed by atoms with Gasteiger partial charge in [0, 0.05) is 0 Å². The summed E-state index contributed by atoms with van der Waals surface area (Å²) in [5, 5.41) is 10.2. The average molecular weight is 390 g/mol. The maximum Gasteiger partial charge on any atom is 0.203 e. The fraction of sp³-hybridized carbons (Fsp3) is 0.429. The number of hydrogen-bond donors (Lipinski definition) is 1. The van der Waals surface area contributed by atoms with Crippen LogP contribution in [0.2, 0.25) is 0 Å². The highest BCUT2D eigenvalue weighted by molar-refractivity contribution is 5.55. The van der Waals surface area contributed by atoms with Gasteiger partial charge in [-0.3, -0.25) is 0 Å². The van der Waals surface area contributed by atoms with Gasteiger partial charge in [0.05, 0.1) is 47.8 Å². The first-order valence-electron chi connectivity index (χ1n) is 8.96. The van der Waals surface area contributed by atoms with Crippen molar-refractivity contribution in [2.24, 2.45) is 0 Å². The lowest BCUT2D eigenvalue weighted by molar-refractivity contribution is 0.0435. The van der Waals surface area contributed by atoms with Crippen LogP contribution in [0.15, 0.2) is 24.3 Å². The van der Waals surface area contributed by atoms with E-state index in [9.17, 15) is 5.11 Å². The van der Waals surface area contributed by atoms with E-state index < -0.39 is 0 Å². The Morgan fingerprint density at radius 1 is 0.679 bits per heavy atom. The Bertz CT molecular complexity index is 809. The average Bonchev–Trinajstić information content (AvgIpc) is 3.22. The first kappa shape index (κ1) is 19.9. The number of benzene rings is 2. The molecule has 0 saturated carbocycles. The fourth-order valence-electron chi connectivity index (χ4n) is 3.57. The van der Waals surface area contributed by atoms with Crippen molar-refractivity contribution in [1.82, 2.24) is 0 Å². The molecule has 7 heteroatoms. The van der Waals surface area contributed by atoms with Gasteiger partial charge in [-0.1, -0.05) is 0 Å². The van der Waals surface area contributed by atoms with Crippen molar-refractivity contribution in [3.8, 4) is 34.5 Å². The van der Waals surface area contributed by atoms with Gasteiger partial charge in [-0.2, -0.15) is 0 Å². The Hall–Kier alpha value is -2.80. The minimum Gasteiger partial charge on any atom is -0.504 e. The van der Waals surface area contributed by atoms with Crippen LogP contribution in [-0.2, 0) is 4.74 Å². The molecular weight excluding hydrogens is 364 g/mol. The summed E-state index contributed by atoms with van der Waals surface area (Å²) < 4.78 is 33.1. The SMILES string of the molecule is COc1cc([C@H]2CC[C@@H](c3cc(OC)c(OC)c(OC)c3)O2)cc(O)c1OC. The van der Waals surface area contributed by atoms with Gasteiger partial charge in [0.25, 0.3) is 0 Å². The van der Waals surface area contributed by atoms with E-state index in [4.69, 9.17) is 28.4 Å². The summed E-state index contributed by atoms with van der Waals surface area (Å²) >= 11 is 0. The van der Waals surface area contributed by atoms with Crippen molar-refractivity contribution in [3.05, 3.63) is 35.4 Å². The Morgan fingerprint density at radius 2 is 1.11 bits per heavy atom. The van der Waals surface area contributed by atoms with Crippen LogP contribution in [0.5, 0.6) is 34.5 Å². The van der Waals surface area contributed by atoms with Gasteiger partial charge in [0.1, 0.15) is 0 Å². The lowest BCUT2D eigenvalue weighted by Crippen LogP contribution is -2.03. The molecular formula is C21H26O7. The molecule has 3 rings (SSSR count). The van der Waals surface area contributed by atoms with Crippen LogP contribution in [-0.4, -0.2) is 40.7 Å². The molecule has 2 aromatic rings. The molecule has 0 aliphatic carbocycles. The van der Waals surface area contributed by atoms with Crippen LogP contribution >= 0.6 is 0 Å². The quantitative estimate of drug-likeness (QED) is 0.765. The van der Waals surface area contributed by atoms with Gasteiger partial charge in [0.2, 0.25) is 11.5 Å². The Kier molecular flexibility index (Phi) is 6.04. The number of methoxy groups -OCH3 is 5. The second kappa shape index (κ2) is 8.48. The summed E-state index contributed by atoms with van der Waals surface area (Å²) in [4.78, 5) is 0. The Balaban J connectivity index is 1.87. The van der Waals surface area contributed by atoms with E-state index >= 15 is 0 Å². The third-order valence-corrected chi connectivity index (χ3v) is 4.93. The van der Waals surface area contributed by atoms with Gasteiger partial charge >= 0.3 is 0 Å². The maximum absolute atomic E-state index is 10.2. The minimum atomic E-state index is -0.171. The second-order valence-electron chi connectivity index (χ2n) is 6.42. The number of hydrogen-bond acceptors (Lipinski definition) is 7. The molecule has 0 unspecified atom stereocenters. The predicted molar refractivity (Wildman–Crippen MR) is 103 cm³/mol. The van der Waals surface area contributed by atoms with E-state index in [1.807, 2.05) is 18.2 Å². The Morgan fingerprint density at radius 3 is 1.54 bits per heavy atom. The molecule has 2 aromatic carbocycles. The van der Waals surface area contributed by atoms with E-state index in [2.05, 4.69) is 0 Å². The van der Waals surface area contributed by atoms with Gasteiger partial charge < -0.3 is 33.5 Å². The van der Waals surface area contributed by atoms with Crippen molar-refractivity contribution in [2.75, 3.05) is 35.5 Å². The normalized spacial score (nSPS) is 18.6. The van der Waals surface area contributed by atoms with Crippen molar-refractivity contribution in [3.63, 3.8) is 0 Å². The van der Waals surface area contributed by atoms with Crippen LogP contribution in [0.25, 0.3) is 0 Å². The summed E-state index contributed by atoms with van der Waals surface area (Å²) in [6.45, 7) is 0. The topological polar surface area (TPSA) is 75.6 Å². The van der Waals surface area contributed by atoms with E-state index in [0.717, 1.165) is 24.0 Å². The van der Waals surface area contributed by atoms with E-state index in [0.29, 0.717) is 28.7 Å². The first-order chi connectivity index (χ1) is 13.6. The highest BCUT2D eigenvalue weighted by Crippen LogP contribution is 2.48. The van der Waals surface area contributed by atoms with Crippen LogP contribution in [0.4, 0.5) is 0 Å². The van der Waals surface area contributed by atoms with Crippen molar-refractivity contribution in [2.45, 2.75) is 25.0 Å². The maximum atomic E-state index is 10.2. The van der Waals surface area contributed by atoms with E-state index in [1.54, 1.807) is 27.4 Å². The van der Waals surface area contributed by atoms with Crippen LogP contribution in [0, 0.1) is 0 Å². The van der Waals surface area contributed by atoms with Crippen LogP contribution in [0.3, 0.4) is 0 Å². The molecule has 0 amide bonds. The van der Waals surface area contributed by atoms with E-state index in [1.165, 1.54) is 14.2 Å². The smallest absolute Gasteiger partial charge is 0.203 e. The van der Waals surface area contributed by atoms with Crippen molar-refractivity contribution in [1.29, 1.82) is 0 Å². The summed E-state index contributed by atoms with van der Waals surface area (Å²) in [5.41, 5.74) is 1.78. The van der Waals surface area contributed by atoms with Crippen molar-refractivity contribution < 1.29 is 33.5 Å². The lowest BCUT2D eigenvalue weighted by Gasteiger charge is -2.19. The summed E-state index contributed by atoms with van der Waals surface area (Å²) in [5.74, 6) is 2.54. The molecule has 0 aromatic heterocycles. The largest absolute Gasteiger partial charge is 0.504 e. The zero-order valence-electron chi connectivity index (χ0n) is 16.8. The summed E-state index contributed by atoms with van der Waals surface area (Å²) in [6, 6.07) is 7.30. The predicted octanol–water partition coefficient (Wildman–Crippen LogP) is 4.03. The van der Waals surface area contributed by atoms with E-state index in [-0.39, 0.29) is 18.0 Å². The molecule has 0 bridgehead atoms. The number of rotatable bonds is 7. The number of ether oxygens (including phenoxy) is 6. The number of phenols is 1. The van der Waals surface area contributed by atoms with Gasteiger partial charge in [-0.15, -0.1) is 0 Å². The highest BCUT2D eigenvalue weighted by atomic mass is 16.5. The second-order valence-corrected chi connectivity index (χ2v) is 6.42. The van der Waals surface area contributed by atoms with Gasteiger partial charge in [-0.25, -0.2) is 0 Å². The molecule has 1 heterocycles. The first-order valence-corrected chi connectivity index (χ1v) is 8.96. The molecule has 28 heavy (non-hydrogen) atoms. The molecule has 1 N–H and O–H groups in total. The molecule has 1 aliphatic heterocycles. The summed E-state index contributed by atoms with van der Waals surface area (Å²) in [6.07, 6.45) is 1.32. The molecule has 2 atom stereocenters. The van der Waals surface area contributed by atoms with Crippen LogP contribution < -0.4 is 23.7 Å². The number of aromatic hydroxyl groups is 1. The highest BCUT2D eigenvalue weighted by Gasteiger charge is 2.30. The zero-order valence-corrected chi connectivity index (χ0v) is 16.8. The molecule has 0 spiro atoms. The molecule has 0 radical (unpaired) electrons. The Labute approximate surface area is 164 Å².